The normalized spacial score (nSPS) is 30.5. The molecule has 1 unspecified atom stereocenters. The number of aliphatic hydroxyl groups is 6. The second kappa shape index (κ2) is 37.2. The minimum Gasteiger partial charge on any atom is -0.508 e. The number of nitrogens with one attached hydrogen (secondary N) is 9. The van der Waals surface area contributed by atoms with Crippen LogP contribution in [0.25, 0.3) is 11.1 Å². The lowest BCUT2D eigenvalue weighted by atomic mass is 9.54. The number of aliphatic hydroxyl groups excluding tert-OH is 6. The molecule has 664 valence electrons. The maximum atomic E-state index is 16.7. The van der Waals surface area contributed by atoms with Gasteiger partial charge in [-0.3, -0.25) is 48.5 Å². The van der Waals surface area contributed by atoms with E-state index in [9.17, 15) is 55.5 Å². The molecule has 17 rings (SSSR count). The van der Waals surface area contributed by atoms with Crippen LogP contribution in [0.15, 0.2) is 103 Å². The molecule has 5 aliphatic carbocycles. The van der Waals surface area contributed by atoms with Crippen molar-refractivity contribution in [2.24, 2.45) is 41.2 Å². The Morgan fingerprint density at radius 2 is 1.30 bits per heavy atom. The van der Waals surface area contributed by atoms with Gasteiger partial charge in [0.1, 0.15) is 102 Å². The maximum absolute atomic E-state index is 16.7. The number of aryl methyl sites for hydroxylation is 1. The molecule has 0 aromatic heterocycles. The Kier molecular flexibility index (Phi) is 26.8. The molecule has 6 aliphatic heterocycles. The largest absolute Gasteiger partial charge is 0.508 e. The molecular weight excluding hydrogens is 1630 g/mol. The number of phenolic OH excluding ortho intramolecular Hbond substituents is 3. The molecule has 5 saturated carbocycles. The highest BCUT2D eigenvalue weighted by Crippen LogP contribution is 2.55. The molecule has 0 spiro atoms. The van der Waals surface area contributed by atoms with Crippen molar-refractivity contribution in [2.45, 2.75) is 201 Å². The van der Waals surface area contributed by atoms with E-state index in [1.54, 1.807) is 19.1 Å². The van der Waals surface area contributed by atoms with Crippen LogP contribution >= 0.6 is 11.6 Å². The van der Waals surface area contributed by atoms with Gasteiger partial charge in [-0.2, -0.15) is 0 Å². The Balaban J connectivity index is 0.965. The Labute approximate surface area is 718 Å². The smallest absolute Gasteiger partial charge is 0.258 e. The summed E-state index contributed by atoms with van der Waals surface area (Å²) in [5, 5.41) is 131. The topological polar surface area (TPSA) is 535 Å². The lowest BCUT2D eigenvalue weighted by Crippen LogP contribution is -2.63. The fraction of sp³-hybridized carbons (Fsp3) is 0.489. The zero-order chi connectivity index (χ0) is 88.8. The average Bonchev–Trinajstić information content (AvgIpc) is 0.748. The summed E-state index contributed by atoms with van der Waals surface area (Å²) in [6.07, 6.45) is -11.1. The number of ether oxygens (including phenoxy) is 7. The first kappa shape index (κ1) is 89.5. The number of hydrogen-bond acceptors (Lipinski definition) is 27. The van der Waals surface area contributed by atoms with Crippen LogP contribution in [0, 0.1) is 42.4 Å². The standard InChI is InChI=1S/C88H105ClN10O25/c1-37(2)20-55(91-6)80(110)97-70-73(105)44-11-16-58(38(3)21-44)121-60-30-48-31-61(77(60)123-62-32-49(36-100)75(107)76(108)78(62)124-64-35-88(5,90)79(109)39(4)120-64)122-59-17-12-45(29-54(59)89)74(106)71-84(114)96-69(83(113)93-66-46-23-41-22-42(25-46)26-47(66)24-41)53-33-50(101)34-57(103)65(53)52-28-43(10-15-56(52)102)67(81(111)98-71)94-82(112)68(48)95-87(117)72(99-85(70)115)86(116)92-63(104)27-40-8-13-51(14-9-40)119-19-18-118-7/h8-17,21,28-31,33-34,37,39,41-42,46-47,49,55,62,64,66-76,78-79,91,100-103,105-109H,18-20,22-27,32,35-36,90H2,1-7H3,(H,93,113)(H,94,112)(H,95,117)(H,96,114)(H,97,110)(H,98,111)(H,99,115)(H,92,104,116)/t39-,41?,42?,46?,47?,49+,55+,62+,64-,66?,67+,68+,69-,70+,71-,72?,73+,74+,75+,76-,78-,79+,88-/m0/s1. The Morgan fingerprint density at radius 3 is 1.94 bits per heavy atom. The van der Waals surface area contributed by atoms with E-state index in [0.717, 1.165) is 80.6 Å². The number of aromatic hydroxyl groups is 3. The number of rotatable bonds is 19. The minimum absolute atomic E-state index is 0.0601. The molecule has 36 heteroatoms. The van der Waals surface area contributed by atoms with E-state index in [1.807, 2.05) is 13.8 Å². The molecule has 20 N–H and O–H groups in total. The second-order valence-corrected chi connectivity index (χ2v) is 34.9. The molecule has 35 nitrogen and oxygen atoms in total. The van der Waals surface area contributed by atoms with Crippen LogP contribution in [0.1, 0.15) is 148 Å². The first-order valence-corrected chi connectivity index (χ1v) is 41.9. The summed E-state index contributed by atoms with van der Waals surface area (Å²) >= 11 is 7.32. The van der Waals surface area contributed by atoms with Crippen LogP contribution in [0.2, 0.25) is 5.02 Å². The fourth-order valence-electron chi connectivity index (χ4n) is 18.7. The van der Waals surface area contributed by atoms with E-state index >= 15 is 33.6 Å². The van der Waals surface area contributed by atoms with Gasteiger partial charge >= 0.3 is 0 Å². The zero-order valence-electron chi connectivity index (χ0n) is 69.1. The van der Waals surface area contributed by atoms with Gasteiger partial charge in [0.05, 0.1) is 42.4 Å². The number of phenols is 3. The van der Waals surface area contributed by atoms with Gasteiger partial charge in [0.2, 0.25) is 47.1 Å². The number of nitrogens with two attached hydrogens (primary N) is 1. The summed E-state index contributed by atoms with van der Waals surface area (Å²) in [5.74, 6) is -15.3. The average molecular weight is 1740 g/mol. The molecule has 124 heavy (non-hydrogen) atoms. The van der Waals surface area contributed by atoms with Crippen LogP contribution in [0.5, 0.6) is 51.7 Å². The van der Waals surface area contributed by atoms with Gasteiger partial charge in [-0.15, -0.1) is 0 Å². The van der Waals surface area contributed by atoms with Gasteiger partial charge < -0.3 is 127 Å². The number of benzene rings is 6. The van der Waals surface area contributed by atoms with Crippen LogP contribution in [0.4, 0.5) is 0 Å². The second-order valence-electron chi connectivity index (χ2n) is 34.5. The number of carbonyl (C=O) groups excluding carboxylic acids is 9. The summed E-state index contributed by atoms with van der Waals surface area (Å²) in [4.78, 5) is 140. The molecule has 11 aliphatic rings. The van der Waals surface area contributed by atoms with Gasteiger partial charge in [-0.05, 0) is 208 Å². The number of imide groups is 1. The quantitative estimate of drug-likeness (QED) is 0.0408. The SMILES string of the molecule is CN[C@H](CC(C)C)C(=O)N[C@H]1C(=O)NC(C(=O)NC(=O)Cc2ccc(OCCOC)cc2)C(=O)N[C@H]2C(=O)N[C@H]3C(=O)N[C@H](C(=O)N[C@H](C(=O)NC4C5CC6CC(C5)CC4C6)c4cc(O)cc(O)c4-c4cc3ccc4O)[C@H](O)c3ccc(c(Cl)c3)Oc3cc2cc(c3O[C@@H]2C[C@H](CO)[C@@H](O)[C@H](O)[C@H]2O[C@H]2C[C@](C)(N)[C@H](O)[C@H](C)O2)Oc2ccc(cc2C)[C@H]1O. The number of carbonyl (C=O) groups is 9. The molecule has 6 aromatic rings. The molecule has 0 radical (unpaired) electrons. The van der Waals surface area contributed by atoms with Gasteiger partial charge in [0, 0.05) is 54.8 Å². The first-order valence-electron chi connectivity index (χ1n) is 41.5. The third kappa shape index (κ3) is 19.1. The lowest BCUT2D eigenvalue weighted by molar-refractivity contribution is -0.286. The van der Waals surface area contributed by atoms with E-state index in [1.165, 1.54) is 70.5 Å². The number of likely N-dealkylation sites (N-methyl/N-ethyl adjacent to an activating group) is 1. The van der Waals surface area contributed by atoms with E-state index in [0.29, 0.717) is 23.1 Å². The number of amides is 9. The van der Waals surface area contributed by atoms with Gasteiger partial charge in [0.15, 0.2) is 23.8 Å². The van der Waals surface area contributed by atoms with Crippen molar-refractivity contribution in [3.8, 4) is 62.9 Å². The summed E-state index contributed by atoms with van der Waals surface area (Å²) in [5.41, 5.74) is 3.67. The summed E-state index contributed by atoms with van der Waals surface area (Å²) in [6, 6.07) is 6.33. The Bertz CT molecular complexity index is 5050. The van der Waals surface area contributed by atoms with Crippen molar-refractivity contribution in [3.63, 3.8) is 0 Å². The Morgan fingerprint density at radius 1 is 0.661 bits per heavy atom. The third-order valence-corrected chi connectivity index (χ3v) is 25.3. The molecule has 9 amide bonds. The van der Waals surface area contributed by atoms with Crippen molar-refractivity contribution in [3.05, 3.63) is 147 Å². The monoisotopic (exact) mass is 1740 g/mol. The fourth-order valence-corrected chi connectivity index (χ4v) is 19.0. The summed E-state index contributed by atoms with van der Waals surface area (Å²) in [7, 11) is 2.97. The molecule has 6 heterocycles. The number of hydrogen-bond donors (Lipinski definition) is 19. The molecular formula is C88H105ClN10O25. The zero-order valence-corrected chi connectivity index (χ0v) is 69.8. The van der Waals surface area contributed by atoms with Crippen LogP contribution in [0.3, 0.4) is 0 Å². The maximum Gasteiger partial charge on any atom is 0.258 e. The third-order valence-electron chi connectivity index (χ3n) is 25.0. The van der Waals surface area contributed by atoms with E-state index in [2.05, 4.69) is 47.9 Å². The molecule has 6 aromatic carbocycles. The van der Waals surface area contributed by atoms with Crippen molar-refractivity contribution in [1.82, 2.24) is 47.9 Å². The van der Waals surface area contributed by atoms with E-state index in [4.69, 9.17) is 50.5 Å². The molecule has 15 bridgehead atoms. The highest BCUT2D eigenvalue weighted by molar-refractivity contribution is 6.32. The predicted octanol–water partition coefficient (Wildman–Crippen LogP) is 3.32. The molecule has 6 fully saturated rings. The molecule has 1 saturated heterocycles. The van der Waals surface area contributed by atoms with E-state index in [-0.39, 0.29) is 112 Å². The van der Waals surface area contributed by atoms with Gasteiger partial charge in [-0.1, -0.05) is 55.8 Å². The summed E-state index contributed by atoms with van der Waals surface area (Å²) in [6.45, 7) is 7.95. The van der Waals surface area contributed by atoms with Crippen molar-refractivity contribution >= 4 is 64.8 Å². The lowest BCUT2D eigenvalue weighted by Gasteiger charge is -2.54. The molecule has 18 atom stereocenters. The first-order chi connectivity index (χ1) is 59.0. The summed E-state index contributed by atoms with van der Waals surface area (Å²) < 4.78 is 44.3. The van der Waals surface area contributed by atoms with Crippen LogP contribution in [-0.4, -0.2) is 212 Å². The number of halogens is 1. The highest BCUT2D eigenvalue weighted by atomic mass is 35.5. The van der Waals surface area contributed by atoms with Gasteiger partial charge in [0.25, 0.3) is 11.8 Å². The number of methoxy groups -OCH3 is 1. The van der Waals surface area contributed by atoms with Crippen LogP contribution < -0.4 is 72.5 Å². The predicted molar refractivity (Wildman–Crippen MR) is 440 cm³/mol. The minimum atomic E-state index is -2.69. The van der Waals surface area contributed by atoms with Gasteiger partial charge in [-0.25, -0.2) is 0 Å². The van der Waals surface area contributed by atoms with Crippen LogP contribution in [-0.2, 0) is 63.8 Å². The number of fused-ring (bicyclic) bond motifs is 15. The van der Waals surface area contributed by atoms with Crippen molar-refractivity contribution < 1.29 is 122 Å². The van der Waals surface area contributed by atoms with Crippen molar-refractivity contribution in [1.29, 1.82) is 0 Å². The Hall–Kier alpha value is -10.8. The van der Waals surface area contributed by atoms with Crippen molar-refractivity contribution in [2.75, 3.05) is 34.0 Å². The van der Waals surface area contributed by atoms with E-state index < -0.39 is 215 Å². The highest BCUT2D eigenvalue weighted by Gasteiger charge is 2.53.